The third-order valence-electron chi connectivity index (χ3n) is 2.47. The van der Waals surface area contributed by atoms with Crippen LogP contribution in [0.25, 0.3) is 0 Å². The fourth-order valence-electron chi connectivity index (χ4n) is 1.80. The molecular weight excluding hydrogens is 221 g/mol. The van der Waals surface area contributed by atoms with E-state index in [0.29, 0.717) is 18.8 Å². The molecule has 1 aromatic rings. The molecule has 0 radical (unpaired) electrons. The van der Waals surface area contributed by atoms with Crippen LogP contribution in [0, 0.1) is 0 Å². The van der Waals surface area contributed by atoms with Gasteiger partial charge in [-0.25, -0.2) is 0 Å². The van der Waals surface area contributed by atoms with E-state index >= 15 is 0 Å². The van der Waals surface area contributed by atoms with Crippen LogP contribution in [-0.4, -0.2) is 21.3 Å². The zero-order valence-electron chi connectivity index (χ0n) is 8.46. The van der Waals surface area contributed by atoms with Gasteiger partial charge in [-0.3, -0.25) is 0 Å². The van der Waals surface area contributed by atoms with Crippen molar-refractivity contribution in [3.8, 4) is 0 Å². The predicted octanol–water partition coefficient (Wildman–Crippen LogP) is 1.52. The Morgan fingerprint density at radius 2 is 2.25 bits per heavy atom. The van der Waals surface area contributed by atoms with Gasteiger partial charge in [0.2, 0.25) is 5.82 Å². The van der Waals surface area contributed by atoms with Crippen molar-refractivity contribution >= 4 is 0 Å². The minimum absolute atomic E-state index is 0.227. The smallest absolute Gasteiger partial charge is 0.305 e. The highest BCUT2D eigenvalue weighted by Gasteiger charge is 2.40. The van der Waals surface area contributed by atoms with E-state index in [1.54, 1.807) is 6.08 Å². The Hall–Kier alpha value is -1.37. The van der Waals surface area contributed by atoms with Crippen LogP contribution in [0.3, 0.4) is 0 Å². The first-order valence-corrected chi connectivity index (χ1v) is 4.88. The van der Waals surface area contributed by atoms with E-state index in [1.807, 2.05) is 0 Å². The summed E-state index contributed by atoms with van der Waals surface area (Å²) in [5, 5.41) is 9.90. The number of nitrogens with one attached hydrogen (secondary N) is 1. The molecule has 1 N–H and O–H groups in total. The molecule has 16 heavy (non-hydrogen) atoms. The summed E-state index contributed by atoms with van der Waals surface area (Å²) in [5.74, 6) is -0.587. The van der Waals surface area contributed by atoms with Gasteiger partial charge in [-0.05, 0) is 6.42 Å². The average molecular weight is 232 g/mol. The second-order valence-electron chi connectivity index (χ2n) is 3.56. The monoisotopic (exact) mass is 232 g/mol. The molecule has 0 aliphatic carbocycles. The Balaban J connectivity index is 2.38. The predicted molar refractivity (Wildman–Crippen MR) is 50.6 cm³/mol. The molecule has 1 aliphatic heterocycles. The summed E-state index contributed by atoms with van der Waals surface area (Å²) in [6, 6.07) is -0.227. The van der Waals surface area contributed by atoms with Crippen LogP contribution in [0.1, 0.15) is 24.1 Å². The first-order valence-electron chi connectivity index (χ1n) is 4.88. The molecule has 0 aromatic carbocycles. The Labute approximate surface area is 90.2 Å². The number of aromatic nitrogens is 3. The van der Waals surface area contributed by atoms with Crippen LogP contribution in [0.15, 0.2) is 12.7 Å². The zero-order valence-corrected chi connectivity index (χ0v) is 8.46. The summed E-state index contributed by atoms with van der Waals surface area (Å²) in [7, 11) is 0. The lowest BCUT2D eigenvalue weighted by Gasteiger charge is -2.24. The number of alkyl halides is 3. The molecule has 1 aliphatic rings. The minimum Gasteiger partial charge on any atom is -0.305 e. The van der Waals surface area contributed by atoms with Gasteiger partial charge in [0.25, 0.3) is 0 Å². The second kappa shape index (κ2) is 3.89. The molecule has 0 saturated heterocycles. The largest absolute Gasteiger partial charge is 0.451 e. The van der Waals surface area contributed by atoms with E-state index in [2.05, 4.69) is 22.1 Å². The summed E-state index contributed by atoms with van der Waals surface area (Å²) in [5.41, 5.74) is 0. The third kappa shape index (κ3) is 1.82. The normalized spacial score (nSPS) is 20.6. The summed E-state index contributed by atoms with van der Waals surface area (Å²) in [6.07, 6.45) is -2.26. The van der Waals surface area contributed by atoms with Crippen LogP contribution < -0.4 is 5.32 Å². The van der Waals surface area contributed by atoms with Crippen LogP contribution >= 0.6 is 0 Å². The quantitative estimate of drug-likeness (QED) is 0.786. The van der Waals surface area contributed by atoms with Gasteiger partial charge in [-0.1, -0.05) is 6.08 Å². The van der Waals surface area contributed by atoms with Crippen LogP contribution in [0.5, 0.6) is 0 Å². The van der Waals surface area contributed by atoms with Crippen molar-refractivity contribution in [3.63, 3.8) is 0 Å². The SMILES string of the molecule is C=CCC1NCCn2c1nnc2C(F)(F)F. The summed E-state index contributed by atoms with van der Waals surface area (Å²) < 4.78 is 38.8. The molecule has 0 fully saturated rings. The molecule has 88 valence electrons. The van der Waals surface area contributed by atoms with E-state index < -0.39 is 12.0 Å². The maximum absolute atomic E-state index is 12.6. The maximum Gasteiger partial charge on any atom is 0.451 e. The molecular formula is C9H11F3N4. The van der Waals surface area contributed by atoms with Crippen molar-refractivity contribution < 1.29 is 13.2 Å². The van der Waals surface area contributed by atoms with Crippen molar-refractivity contribution in [3.05, 3.63) is 24.3 Å². The summed E-state index contributed by atoms with van der Waals surface area (Å²) in [6.45, 7) is 4.28. The lowest BCUT2D eigenvalue weighted by Crippen LogP contribution is -2.35. The van der Waals surface area contributed by atoms with E-state index in [9.17, 15) is 13.2 Å². The Morgan fingerprint density at radius 3 is 2.88 bits per heavy atom. The Morgan fingerprint density at radius 1 is 1.50 bits per heavy atom. The maximum atomic E-state index is 12.6. The first kappa shape index (κ1) is 11.1. The van der Waals surface area contributed by atoms with Crippen molar-refractivity contribution in [2.24, 2.45) is 0 Å². The lowest BCUT2D eigenvalue weighted by molar-refractivity contribution is -0.147. The number of nitrogens with zero attached hydrogens (tertiary/aromatic N) is 3. The summed E-state index contributed by atoms with van der Waals surface area (Å²) in [4.78, 5) is 0. The molecule has 0 spiro atoms. The van der Waals surface area contributed by atoms with Crippen molar-refractivity contribution in [2.75, 3.05) is 6.54 Å². The Kier molecular flexibility index (Phi) is 2.71. The number of hydrogen-bond donors (Lipinski definition) is 1. The van der Waals surface area contributed by atoms with Gasteiger partial charge in [0.15, 0.2) is 5.82 Å². The molecule has 1 unspecified atom stereocenters. The van der Waals surface area contributed by atoms with Gasteiger partial charge in [-0.15, -0.1) is 16.8 Å². The third-order valence-corrected chi connectivity index (χ3v) is 2.47. The number of halogens is 3. The fraction of sp³-hybridized carbons (Fsp3) is 0.556. The Bertz CT molecular complexity index is 396. The van der Waals surface area contributed by atoms with E-state index in [-0.39, 0.29) is 12.6 Å². The average Bonchev–Trinajstić information content (AvgIpc) is 2.62. The molecule has 0 amide bonds. The first-order chi connectivity index (χ1) is 7.54. The minimum atomic E-state index is -4.44. The van der Waals surface area contributed by atoms with Gasteiger partial charge in [0.05, 0.1) is 6.04 Å². The van der Waals surface area contributed by atoms with Crippen LogP contribution in [0.4, 0.5) is 13.2 Å². The van der Waals surface area contributed by atoms with Gasteiger partial charge < -0.3 is 9.88 Å². The fourth-order valence-corrected chi connectivity index (χ4v) is 1.80. The molecule has 4 nitrogen and oxygen atoms in total. The van der Waals surface area contributed by atoms with Crippen molar-refractivity contribution in [1.29, 1.82) is 0 Å². The standard InChI is InChI=1S/C9H11F3N4/c1-2-3-6-7-14-15-8(9(10,11)12)16(7)5-4-13-6/h2,6,13H,1,3-5H2. The molecule has 2 rings (SSSR count). The van der Waals surface area contributed by atoms with Crippen molar-refractivity contribution in [2.45, 2.75) is 25.2 Å². The molecule has 1 atom stereocenters. The highest BCUT2D eigenvalue weighted by molar-refractivity contribution is 5.07. The van der Waals surface area contributed by atoms with Crippen LogP contribution in [0.2, 0.25) is 0 Å². The molecule has 0 bridgehead atoms. The van der Waals surface area contributed by atoms with E-state index in [0.717, 1.165) is 4.57 Å². The van der Waals surface area contributed by atoms with Crippen LogP contribution in [-0.2, 0) is 12.7 Å². The van der Waals surface area contributed by atoms with Gasteiger partial charge in [0, 0.05) is 13.1 Å². The second-order valence-corrected chi connectivity index (χ2v) is 3.56. The lowest BCUT2D eigenvalue weighted by atomic mass is 10.1. The summed E-state index contributed by atoms with van der Waals surface area (Å²) >= 11 is 0. The number of rotatable bonds is 2. The molecule has 7 heteroatoms. The molecule has 2 heterocycles. The molecule has 1 aromatic heterocycles. The van der Waals surface area contributed by atoms with E-state index in [1.165, 1.54) is 0 Å². The highest BCUT2D eigenvalue weighted by atomic mass is 19.4. The number of fused-ring (bicyclic) bond motifs is 1. The van der Waals surface area contributed by atoms with Gasteiger partial charge in [0.1, 0.15) is 0 Å². The van der Waals surface area contributed by atoms with Crippen molar-refractivity contribution in [1.82, 2.24) is 20.1 Å². The highest BCUT2D eigenvalue weighted by Crippen LogP contribution is 2.30. The number of hydrogen-bond acceptors (Lipinski definition) is 3. The topological polar surface area (TPSA) is 42.7 Å². The zero-order chi connectivity index (χ0) is 11.8. The van der Waals surface area contributed by atoms with Gasteiger partial charge in [-0.2, -0.15) is 13.2 Å². The molecule has 0 saturated carbocycles. The van der Waals surface area contributed by atoms with E-state index in [4.69, 9.17) is 0 Å². The van der Waals surface area contributed by atoms with Gasteiger partial charge >= 0.3 is 6.18 Å².